The highest BCUT2D eigenvalue weighted by Gasteiger charge is 2.40. The van der Waals surface area contributed by atoms with E-state index in [0.717, 1.165) is 23.4 Å². The molecule has 0 aliphatic carbocycles. The molecule has 0 saturated carbocycles. The molecule has 0 saturated heterocycles. The summed E-state index contributed by atoms with van der Waals surface area (Å²) in [5, 5.41) is 2.52. The molecule has 2 aliphatic rings. The fourth-order valence-corrected chi connectivity index (χ4v) is 4.07. The molecule has 1 N–H and O–H groups in total. The van der Waals surface area contributed by atoms with E-state index in [-0.39, 0.29) is 16.6 Å². The summed E-state index contributed by atoms with van der Waals surface area (Å²) in [4.78, 5) is 35.7. The molecule has 2 amide bonds. The summed E-state index contributed by atoms with van der Waals surface area (Å²) >= 11 is 6.86. The van der Waals surface area contributed by atoms with Crippen molar-refractivity contribution in [3.05, 3.63) is 58.9 Å². The van der Waals surface area contributed by atoms with Crippen LogP contribution in [0, 0.1) is 5.82 Å². The maximum Gasteiger partial charge on any atom is 0.258 e. The zero-order valence-electron chi connectivity index (χ0n) is 15.5. The first-order chi connectivity index (χ1) is 13.8. The van der Waals surface area contributed by atoms with Crippen LogP contribution in [-0.2, 0) is 9.59 Å². The molecule has 2 atom stereocenters. The Labute approximate surface area is 175 Å². The highest BCUT2D eigenvalue weighted by molar-refractivity contribution is 8.15. The van der Waals surface area contributed by atoms with Gasteiger partial charge in [-0.2, -0.15) is 0 Å². The van der Waals surface area contributed by atoms with E-state index in [4.69, 9.17) is 11.6 Å². The van der Waals surface area contributed by atoms with Crippen molar-refractivity contribution in [1.29, 1.82) is 0 Å². The minimum Gasteiger partial charge on any atom is -0.323 e. The lowest BCUT2D eigenvalue weighted by Crippen LogP contribution is -2.42. The summed E-state index contributed by atoms with van der Waals surface area (Å²) in [6.45, 7) is 3.38. The molecule has 0 fully saturated rings. The second kappa shape index (κ2) is 7.61. The van der Waals surface area contributed by atoms with E-state index in [0.29, 0.717) is 16.7 Å². The number of para-hydroxylation sites is 1. The topological polar surface area (TPSA) is 74.1 Å². The van der Waals surface area contributed by atoms with E-state index in [1.807, 2.05) is 24.3 Å². The average molecular weight is 431 g/mol. The second-order valence-electron chi connectivity index (χ2n) is 6.59. The van der Waals surface area contributed by atoms with Crippen LogP contribution in [0.4, 0.5) is 15.8 Å². The Morgan fingerprint density at radius 2 is 2.07 bits per heavy atom. The number of thioether (sulfide) groups is 1. The third-order valence-electron chi connectivity index (χ3n) is 4.50. The number of fused-ring (bicyclic) bond motifs is 3. The largest absolute Gasteiger partial charge is 0.323 e. The maximum atomic E-state index is 14.0. The molecule has 2 aromatic rings. The van der Waals surface area contributed by atoms with E-state index in [2.05, 4.69) is 15.3 Å². The Morgan fingerprint density at radius 1 is 1.31 bits per heavy atom. The molecule has 0 radical (unpaired) electrons. The summed E-state index contributed by atoms with van der Waals surface area (Å²) in [5.74, 6) is -0.704. The molecule has 0 spiro atoms. The number of nitrogens with one attached hydrogen (secondary N) is 1. The lowest BCUT2D eigenvalue weighted by Gasteiger charge is -2.26. The van der Waals surface area contributed by atoms with Crippen molar-refractivity contribution in [3.8, 4) is 0 Å². The number of carbonyl (C=O) groups is 2. The lowest BCUT2D eigenvalue weighted by molar-refractivity contribution is -0.124. The van der Waals surface area contributed by atoms with Crippen molar-refractivity contribution in [2.45, 2.75) is 25.1 Å². The Hall–Kier alpha value is -2.71. The van der Waals surface area contributed by atoms with Gasteiger partial charge < -0.3 is 5.32 Å². The van der Waals surface area contributed by atoms with Crippen molar-refractivity contribution in [3.63, 3.8) is 0 Å². The predicted molar refractivity (Wildman–Crippen MR) is 113 cm³/mol. The number of benzene rings is 2. The van der Waals surface area contributed by atoms with E-state index in [9.17, 15) is 14.0 Å². The number of nitrogens with zero attached hydrogens (tertiary/aromatic N) is 3. The number of amides is 2. The normalized spacial score (nSPS) is 18.6. The van der Waals surface area contributed by atoms with Gasteiger partial charge in [-0.1, -0.05) is 35.5 Å². The van der Waals surface area contributed by atoms with Gasteiger partial charge in [0.1, 0.15) is 17.7 Å². The van der Waals surface area contributed by atoms with E-state index < -0.39 is 23.0 Å². The van der Waals surface area contributed by atoms with E-state index in [1.165, 1.54) is 17.0 Å². The zero-order chi connectivity index (χ0) is 20.7. The molecule has 0 bridgehead atoms. The van der Waals surface area contributed by atoms with Crippen molar-refractivity contribution < 1.29 is 14.0 Å². The standard InChI is InChI=1S/C20H16ClFN4O2S/c1-10-19(28)26-17(23-10)13-5-3-4-6-15(13)25-20(26)29-11(2)18(27)24-16-8-7-12(21)9-14(16)22/h3-11H,1-2H3,(H,24,27)/t10-,11+/m0/s1. The first kappa shape index (κ1) is 19.6. The van der Waals surface area contributed by atoms with E-state index in [1.54, 1.807) is 13.8 Å². The minimum atomic E-state index is -0.640. The van der Waals surface area contributed by atoms with Gasteiger partial charge in [0, 0.05) is 10.6 Å². The molecule has 9 heteroatoms. The van der Waals surface area contributed by atoms with Crippen LogP contribution in [0.15, 0.2) is 52.4 Å². The number of hydrogen-bond acceptors (Lipinski definition) is 5. The second-order valence-corrected chi connectivity index (χ2v) is 8.33. The van der Waals surface area contributed by atoms with Gasteiger partial charge in [0.2, 0.25) is 5.91 Å². The Balaban J connectivity index is 1.58. The molecule has 148 valence electrons. The summed E-state index contributed by atoms with van der Waals surface area (Å²) in [6.07, 6.45) is 0. The third-order valence-corrected chi connectivity index (χ3v) is 5.79. The number of hydrogen-bond donors (Lipinski definition) is 1. The first-order valence-electron chi connectivity index (χ1n) is 8.87. The van der Waals surface area contributed by atoms with Crippen LogP contribution < -0.4 is 5.32 Å². The Morgan fingerprint density at radius 3 is 2.83 bits per heavy atom. The monoisotopic (exact) mass is 430 g/mol. The van der Waals surface area contributed by atoms with Gasteiger partial charge in [0.15, 0.2) is 5.17 Å². The minimum absolute atomic E-state index is 0.0379. The van der Waals surface area contributed by atoms with Gasteiger partial charge in [0.25, 0.3) is 5.91 Å². The van der Waals surface area contributed by atoms with E-state index >= 15 is 0 Å². The number of rotatable bonds is 3. The van der Waals surface area contributed by atoms with Gasteiger partial charge in [-0.05, 0) is 44.2 Å². The summed E-state index contributed by atoms with van der Waals surface area (Å²) in [5.41, 5.74) is 1.49. The summed E-state index contributed by atoms with van der Waals surface area (Å²) < 4.78 is 14.0. The van der Waals surface area contributed by atoms with Crippen molar-refractivity contribution in [2.24, 2.45) is 9.98 Å². The number of halogens is 2. The quantitative estimate of drug-likeness (QED) is 0.792. The lowest BCUT2D eigenvalue weighted by atomic mass is 10.1. The fraction of sp³-hybridized carbons (Fsp3) is 0.200. The fourth-order valence-electron chi connectivity index (χ4n) is 2.99. The highest BCUT2D eigenvalue weighted by atomic mass is 35.5. The molecular weight excluding hydrogens is 415 g/mol. The molecule has 6 nitrogen and oxygen atoms in total. The molecule has 4 rings (SSSR count). The number of aliphatic imine (C=N–C) groups is 2. The zero-order valence-corrected chi connectivity index (χ0v) is 17.1. The molecule has 0 aromatic heterocycles. The molecule has 2 heterocycles. The Kier molecular flexibility index (Phi) is 5.14. The molecule has 29 heavy (non-hydrogen) atoms. The van der Waals surface area contributed by atoms with Crippen molar-refractivity contribution in [2.75, 3.05) is 5.32 Å². The molecule has 0 unspecified atom stereocenters. The number of anilines is 1. The SMILES string of the molecule is C[C@@H]1N=C2c3ccccc3N=C(S[C@H](C)C(=O)Nc3ccc(Cl)cc3F)N2C1=O. The van der Waals surface area contributed by atoms with Crippen LogP contribution in [0.5, 0.6) is 0 Å². The smallest absolute Gasteiger partial charge is 0.258 e. The number of amidine groups is 2. The van der Waals surface area contributed by atoms with Crippen LogP contribution >= 0.6 is 23.4 Å². The predicted octanol–water partition coefficient (Wildman–Crippen LogP) is 4.22. The molecule has 2 aromatic carbocycles. The molecule has 2 aliphatic heterocycles. The molecular formula is C20H16ClFN4O2S. The van der Waals surface area contributed by atoms with Gasteiger partial charge >= 0.3 is 0 Å². The van der Waals surface area contributed by atoms with Gasteiger partial charge in [0.05, 0.1) is 16.6 Å². The highest BCUT2D eigenvalue weighted by Crippen LogP contribution is 2.34. The van der Waals surface area contributed by atoms with Gasteiger partial charge in [-0.25, -0.2) is 14.3 Å². The van der Waals surface area contributed by atoms with Gasteiger partial charge in [-0.3, -0.25) is 14.6 Å². The van der Waals surface area contributed by atoms with Crippen LogP contribution in [0.3, 0.4) is 0 Å². The van der Waals surface area contributed by atoms with Crippen molar-refractivity contribution >= 4 is 57.6 Å². The van der Waals surface area contributed by atoms with Crippen LogP contribution in [-0.4, -0.2) is 39.0 Å². The van der Waals surface area contributed by atoms with Crippen LogP contribution in [0.25, 0.3) is 0 Å². The van der Waals surface area contributed by atoms with Crippen LogP contribution in [0.2, 0.25) is 5.02 Å². The first-order valence-corrected chi connectivity index (χ1v) is 10.1. The summed E-state index contributed by atoms with van der Waals surface area (Å²) in [6, 6.07) is 10.9. The maximum absolute atomic E-state index is 14.0. The van der Waals surface area contributed by atoms with Crippen LogP contribution in [0.1, 0.15) is 19.4 Å². The van der Waals surface area contributed by atoms with Gasteiger partial charge in [-0.15, -0.1) is 0 Å². The number of carbonyl (C=O) groups excluding carboxylic acids is 2. The third kappa shape index (κ3) is 3.65. The Bertz CT molecular complexity index is 1090. The average Bonchev–Trinajstić information content (AvgIpc) is 2.99. The summed E-state index contributed by atoms with van der Waals surface area (Å²) in [7, 11) is 0. The van der Waals surface area contributed by atoms with Crippen molar-refractivity contribution in [1.82, 2.24) is 4.90 Å².